The van der Waals surface area contributed by atoms with Crippen molar-refractivity contribution in [1.29, 1.82) is 5.26 Å². The third kappa shape index (κ3) is 3.94. The molecular formula is C13H23N5O. The van der Waals surface area contributed by atoms with Crippen LogP contribution in [0.1, 0.15) is 24.7 Å². The number of rotatable bonds is 6. The minimum absolute atomic E-state index is 0.130. The molecule has 0 aliphatic carbocycles. The lowest BCUT2D eigenvalue weighted by atomic mass is 10.2. The van der Waals surface area contributed by atoms with Crippen LogP contribution in [0.4, 0.5) is 5.69 Å². The van der Waals surface area contributed by atoms with Crippen molar-refractivity contribution in [2.75, 3.05) is 19.3 Å². The molecule has 0 aromatic carbocycles. The second-order valence-electron chi connectivity index (χ2n) is 5.07. The van der Waals surface area contributed by atoms with Crippen LogP contribution >= 0.6 is 0 Å². The number of aliphatic hydroxyl groups is 1. The quantitative estimate of drug-likeness (QED) is 0.789. The zero-order valence-electron chi connectivity index (χ0n) is 12.1. The molecule has 0 radical (unpaired) electrons. The first-order valence-electron chi connectivity index (χ1n) is 6.41. The van der Waals surface area contributed by atoms with Gasteiger partial charge in [-0.1, -0.05) is 0 Å². The smallest absolute Gasteiger partial charge is 0.0862 e. The summed E-state index contributed by atoms with van der Waals surface area (Å²) in [6.45, 7) is 6.63. The maximum atomic E-state index is 10.1. The summed E-state index contributed by atoms with van der Waals surface area (Å²) in [5.41, 5.74) is 8.20. The van der Waals surface area contributed by atoms with E-state index in [2.05, 4.69) is 11.2 Å². The number of nitrogen functional groups attached to an aromatic ring is 1. The number of nitriles is 1. The van der Waals surface area contributed by atoms with E-state index in [1.807, 2.05) is 32.7 Å². The number of aryl methyl sites for hydroxylation is 1. The molecule has 0 aliphatic rings. The van der Waals surface area contributed by atoms with E-state index in [4.69, 9.17) is 11.0 Å². The lowest BCUT2D eigenvalue weighted by molar-refractivity contribution is 0.0912. The Bertz CT molecular complexity index is 462. The zero-order valence-corrected chi connectivity index (χ0v) is 12.1. The number of likely N-dealkylation sites (N-methyl/N-ethyl adjacent to an activating group) is 1. The SMILES string of the molecule is Cc1nn(CC(O)CN(C)C(C)CC#N)c(C)c1N. The number of hydrogen-bond acceptors (Lipinski definition) is 5. The number of aromatic nitrogens is 2. The van der Waals surface area contributed by atoms with Crippen LogP contribution in [0, 0.1) is 25.2 Å². The van der Waals surface area contributed by atoms with E-state index >= 15 is 0 Å². The lowest BCUT2D eigenvalue weighted by Crippen LogP contribution is -2.37. The average Bonchev–Trinajstić information content (AvgIpc) is 2.57. The highest BCUT2D eigenvalue weighted by Crippen LogP contribution is 2.15. The van der Waals surface area contributed by atoms with Gasteiger partial charge in [0.1, 0.15) is 0 Å². The van der Waals surface area contributed by atoms with Crippen molar-refractivity contribution >= 4 is 5.69 Å². The summed E-state index contributed by atoms with van der Waals surface area (Å²) in [6.07, 6.45) is -0.0839. The van der Waals surface area contributed by atoms with E-state index in [0.717, 1.165) is 11.4 Å². The number of nitrogens with zero attached hydrogens (tertiary/aromatic N) is 4. The molecule has 6 heteroatoms. The first-order valence-corrected chi connectivity index (χ1v) is 6.41. The van der Waals surface area contributed by atoms with Gasteiger partial charge in [-0.25, -0.2) is 0 Å². The fraction of sp³-hybridized carbons (Fsp3) is 0.692. The Morgan fingerprint density at radius 2 is 2.16 bits per heavy atom. The van der Waals surface area contributed by atoms with Gasteiger partial charge in [0.25, 0.3) is 0 Å². The van der Waals surface area contributed by atoms with Gasteiger partial charge in [-0.2, -0.15) is 10.4 Å². The van der Waals surface area contributed by atoms with Gasteiger partial charge in [0.05, 0.1) is 42.2 Å². The normalized spacial score (nSPS) is 14.4. The van der Waals surface area contributed by atoms with Crippen molar-refractivity contribution < 1.29 is 5.11 Å². The van der Waals surface area contributed by atoms with Crippen molar-refractivity contribution in [2.45, 2.75) is 45.9 Å². The standard InChI is InChI=1S/C13H23N5O/c1-9(5-6-14)17(4)7-12(19)8-18-11(3)13(15)10(2)16-18/h9,12,19H,5,7-8,15H2,1-4H3. The first kappa shape index (κ1) is 15.5. The van der Waals surface area contributed by atoms with E-state index in [1.165, 1.54) is 0 Å². The number of nitrogens with two attached hydrogens (primary N) is 1. The summed E-state index contributed by atoms with van der Waals surface area (Å²) >= 11 is 0. The van der Waals surface area contributed by atoms with Crippen molar-refractivity contribution in [2.24, 2.45) is 0 Å². The minimum atomic E-state index is -0.538. The van der Waals surface area contributed by atoms with Crippen molar-refractivity contribution in [3.8, 4) is 6.07 Å². The fourth-order valence-corrected chi connectivity index (χ4v) is 1.95. The average molecular weight is 265 g/mol. The Morgan fingerprint density at radius 3 is 2.63 bits per heavy atom. The molecule has 2 atom stereocenters. The third-order valence-electron chi connectivity index (χ3n) is 3.46. The minimum Gasteiger partial charge on any atom is -0.396 e. The molecule has 0 spiro atoms. The Hall–Kier alpha value is -1.58. The first-order chi connectivity index (χ1) is 8.86. The number of aliphatic hydroxyl groups excluding tert-OH is 1. The van der Waals surface area contributed by atoms with Crippen LogP contribution in [-0.4, -0.2) is 45.5 Å². The van der Waals surface area contributed by atoms with Gasteiger partial charge in [-0.15, -0.1) is 0 Å². The molecular weight excluding hydrogens is 242 g/mol. The summed E-state index contributed by atoms with van der Waals surface area (Å²) in [6, 6.07) is 2.26. The van der Waals surface area contributed by atoms with Crippen LogP contribution in [0.15, 0.2) is 0 Å². The highest BCUT2D eigenvalue weighted by atomic mass is 16.3. The molecule has 1 rings (SSSR count). The zero-order chi connectivity index (χ0) is 14.6. The van der Waals surface area contributed by atoms with Crippen LogP contribution in [0.5, 0.6) is 0 Å². The Morgan fingerprint density at radius 1 is 1.53 bits per heavy atom. The predicted octanol–water partition coefficient (Wildman–Crippen LogP) is 0.677. The highest BCUT2D eigenvalue weighted by Gasteiger charge is 2.16. The van der Waals surface area contributed by atoms with Gasteiger partial charge < -0.3 is 15.7 Å². The Kier molecular flexibility index (Phi) is 5.33. The second-order valence-corrected chi connectivity index (χ2v) is 5.07. The summed E-state index contributed by atoms with van der Waals surface area (Å²) in [4.78, 5) is 1.98. The maximum Gasteiger partial charge on any atom is 0.0862 e. The van der Waals surface area contributed by atoms with E-state index < -0.39 is 6.10 Å². The molecule has 106 valence electrons. The van der Waals surface area contributed by atoms with Crippen LogP contribution in [-0.2, 0) is 6.54 Å². The molecule has 1 aromatic rings. The molecule has 0 fully saturated rings. The molecule has 0 saturated heterocycles. The Balaban J connectivity index is 2.58. The number of hydrogen-bond donors (Lipinski definition) is 2. The summed E-state index contributed by atoms with van der Waals surface area (Å²) in [5, 5.41) is 23.0. The van der Waals surface area contributed by atoms with Crippen molar-refractivity contribution in [3.63, 3.8) is 0 Å². The second kappa shape index (κ2) is 6.55. The van der Waals surface area contributed by atoms with Gasteiger partial charge >= 0.3 is 0 Å². The monoisotopic (exact) mass is 265 g/mol. The molecule has 0 aliphatic heterocycles. The molecule has 0 saturated carbocycles. The van der Waals surface area contributed by atoms with E-state index in [-0.39, 0.29) is 6.04 Å². The largest absolute Gasteiger partial charge is 0.396 e. The molecule has 0 amide bonds. The molecule has 1 aromatic heterocycles. The van der Waals surface area contributed by atoms with Crippen LogP contribution in [0.25, 0.3) is 0 Å². The molecule has 3 N–H and O–H groups in total. The van der Waals surface area contributed by atoms with Gasteiger partial charge in [0.15, 0.2) is 0 Å². The molecule has 19 heavy (non-hydrogen) atoms. The van der Waals surface area contributed by atoms with Gasteiger partial charge in [-0.05, 0) is 27.8 Å². The molecule has 6 nitrogen and oxygen atoms in total. The van der Waals surface area contributed by atoms with Gasteiger partial charge in [-0.3, -0.25) is 4.68 Å². The topological polar surface area (TPSA) is 91.1 Å². The summed E-state index contributed by atoms with van der Waals surface area (Å²) < 4.78 is 1.73. The van der Waals surface area contributed by atoms with Crippen molar-refractivity contribution in [1.82, 2.24) is 14.7 Å². The van der Waals surface area contributed by atoms with Crippen molar-refractivity contribution in [3.05, 3.63) is 11.4 Å². The molecule has 2 unspecified atom stereocenters. The van der Waals surface area contributed by atoms with E-state index in [9.17, 15) is 5.11 Å². The maximum absolute atomic E-state index is 10.1. The molecule has 0 bridgehead atoms. The van der Waals surface area contributed by atoms with Crippen LogP contribution in [0.3, 0.4) is 0 Å². The predicted molar refractivity (Wildman–Crippen MR) is 74.4 cm³/mol. The summed E-state index contributed by atoms with van der Waals surface area (Å²) in [7, 11) is 1.90. The fourth-order valence-electron chi connectivity index (χ4n) is 1.95. The summed E-state index contributed by atoms with van der Waals surface area (Å²) in [5.74, 6) is 0. The van der Waals surface area contributed by atoms with Gasteiger partial charge in [0.2, 0.25) is 0 Å². The molecule has 1 heterocycles. The highest BCUT2D eigenvalue weighted by molar-refractivity contribution is 5.46. The third-order valence-corrected chi connectivity index (χ3v) is 3.46. The van der Waals surface area contributed by atoms with Crippen LogP contribution in [0.2, 0.25) is 0 Å². The van der Waals surface area contributed by atoms with E-state index in [1.54, 1.807) is 4.68 Å². The van der Waals surface area contributed by atoms with E-state index in [0.29, 0.717) is 25.2 Å². The lowest BCUT2D eigenvalue weighted by Gasteiger charge is -2.25. The number of anilines is 1. The van der Waals surface area contributed by atoms with Crippen LogP contribution < -0.4 is 5.73 Å². The van der Waals surface area contributed by atoms with Gasteiger partial charge in [0, 0.05) is 12.6 Å². The Labute approximate surface area is 114 Å².